The lowest BCUT2D eigenvalue weighted by Crippen LogP contribution is -1.99. The molecule has 0 saturated heterocycles. The third-order valence-corrected chi connectivity index (χ3v) is 1.44. The van der Waals surface area contributed by atoms with Crippen LogP contribution in [0.2, 0.25) is 0 Å². The monoisotopic (exact) mass is 178 g/mol. The molecule has 0 radical (unpaired) electrons. The van der Waals surface area contributed by atoms with Crippen molar-refractivity contribution in [3.8, 4) is 11.8 Å². The molecule has 0 aliphatic carbocycles. The van der Waals surface area contributed by atoms with Gasteiger partial charge in [-0.25, -0.2) is 4.79 Å². The van der Waals surface area contributed by atoms with Crippen LogP contribution in [0.5, 0.6) is 0 Å². The maximum atomic E-state index is 10.1. The SMILES string of the molecule is CC(C)n1cc(C#CC(=O)O)cn1. The van der Waals surface area contributed by atoms with Crippen LogP contribution in [-0.2, 0) is 4.79 Å². The van der Waals surface area contributed by atoms with Gasteiger partial charge in [0.1, 0.15) is 0 Å². The first-order valence-corrected chi connectivity index (χ1v) is 3.88. The van der Waals surface area contributed by atoms with Gasteiger partial charge in [-0.3, -0.25) is 4.68 Å². The Morgan fingerprint density at radius 1 is 1.69 bits per heavy atom. The summed E-state index contributed by atoms with van der Waals surface area (Å²) in [5.74, 6) is 3.39. The lowest BCUT2D eigenvalue weighted by molar-refractivity contribution is -0.130. The molecule has 0 amide bonds. The predicted molar refractivity (Wildman–Crippen MR) is 47.1 cm³/mol. The molecular formula is C9H10N2O2. The molecule has 0 unspecified atom stereocenters. The maximum Gasteiger partial charge on any atom is 0.382 e. The summed E-state index contributed by atoms with van der Waals surface area (Å²) < 4.78 is 1.73. The van der Waals surface area contributed by atoms with Crippen molar-refractivity contribution < 1.29 is 9.90 Å². The number of nitrogens with zero attached hydrogens (tertiary/aromatic N) is 2. The molecule has 68 valence electrons. The quantitative estimate of drug-likeness (QED) is 0.650. The first-order chi connectivity index (χ1) is 6.09. The normalized spacial score (nSPS) is 9.46. The van der Waals surface area contributed by atoms with E-state index in [9.17, 15) is 4.79 Å². The van der Waals surface area contributed by atoms with Crippen molar-refractivity contribution in [2.45, 2.75) is 19.9 Å². The van der Waals surface area contributed by atoms with E-state index in [1.807, 2.05) is 19.8 Å². The summed E-state index contributed by atoms with van der Waals surface area (Å²) in [5.41, 5.74) is 0.621. The van der Waals surface area contributed by atoms with Crippen molar-refractivity contribution in [3.63, 3.8) is 0 Å². The molecule has 0 fully saturated rings. The minimum Gasteiger partial charge on any atom is -0.472 e. The lowest BCUT2D eigenvalue weighted by atomic mass is 10.3. The highest BCUT2D eigenvalue weighted by molar-refractivity contribution is 5.87. The van der Waals surface area contributed by atoms with E-state index in [1.165, 1.54) is 0 Å². The van der Waals surface area contributed by atoms with Gasteiger partial charge in [-0.15, -0.1) is 0 Å². The number of carboxylic acid groups (broad SMARTS) is 1. The minimum atomic E-state index is -1.13. The molecule has 4 nitrogen and oxygen atoms in total. The first kappa shape index (κ1) is 9.33. The summed E-state index contributed by atoms with van der Waals surface area (Å²) in [6.45, 7) is 3.98. The second-order valence-electron chi connectivity index (χ2n) is 2.86. The summed E-state index contributed by atoms with van der Waals surface area (Å²) in [5, 5.41) is 12.3. The van der Waals surface area contributed by atoms with Gasteiger partial charge in [0.25, 0.3) is 0 Å². The Labute approximate surface area is 76.2 Å². The third kappa shape index (κ3) is 2.64. The molecule has 0 aliphatic heterocycles. The van der Waals surface area contributed by atoms with Crippen molar-refractivity contribution in [1.82, 2.24) is 9.78 Å². The molecule has 0 bridgehead atoms. The van der Waals surface area contributed by atoms with Crippen LogP contribution in [0, 0.1) is 11.8 Å². The van der Waals surface area contributed by atoms with Crippen LogP contribution < -0.4 is 0 Å². The molecule has 0 spiro atoms. The van der Waals surface area contributed by atoms with Gasteiger partial charge in [0.05, 0.1) is 11.8 Å². The number of aliphatic carboxylic acids is 1. The summed E-state index contributed by atoms with van der Waals surface area (Å²) in [7, 11) is 0. The number of rotatable bonds is 1. The van der Waals surface area contributed by atoms with Crippen molar-refractivity contribution in [2.75, 3.05) is 0 Å². The number of hydrogen-bond donors (Lipinski definition) is 1. The second kappa shape index (κ2) is 3.76. The van der Waals surface area contributed by atoms with Gasteiger partial charge in [-0.05, 0) is 13.8 Å². The Bertz CT molecular complexity index is 368. The molecule has 13 heavy (non-hydrogen) atoms. The summed E-state index contributed by atoms with van der Waals surface area (Å²) in [4.78, 5) is 10.1. The first-order valence-electron chi connectivity index (χ1n) is 3.88. The third-order valence-electron chi connectivity index (χ3n) is 1.44. The van der Waals surface area contributed by atoms with Crippen molar-refractivity contribution in [1.29, 1.82) is 0 Å². The van der Waals surface area contributed by atoms with Crippen LogP contribution in [0.1, 0.15) is 25.5 Å². The Hall–Kier alpha value is -1.76. The molecule has 1 aromatic heterocycles. The fraction of sp³-hybridized carbons (Fsp3) is 0.333. The van der Waals surface area contributed by atoms with E-state index >= 15 is 0 Å². The highest BCUT2D eigenvalue weighted by Gasteiger charge is 1.98. The van der Waals surface area contributed by atoms with E-state index in [0.29, 0.717) is 5.56 Å². The van der Waals surface area contributed by atoms with Gasteiger partial charge >= 0.3 is 5.97 Å². The molecule has 0 aliphatic rings. The zero-order valence-corrected chi connectivity index (χ0v) is 7.48. The summed E-state index contributed by atoms with van der Waals surface area (Å²) in [6.07, 6.45) is 3.27. The highest BCUT2D eigenvalue weighted by atomic mass is 16.4. The van der Waals surface area contributed by atoms with E-state index in [4.69, 9.17) is 5.11 Å². The van der Waals surface area contributed by atoms with E-state index in [2.05, 4.69) is 11.0 Å². The van der Waals surface area contributed by atoms with E-state index in [0.717, 1.165) is 0 Å². The number of carbonyl (C=O) groups is 1. The van der Waals surface area contributed by atoms with Gasteiger partial charge in [0.15, 0.2) is 0 Å². The largest absolute Gasteiger partial charge is 0.472 e. The van der Waals surface area contributed by atoms with Crippen molar-refractivity contribution >= 4 is 5.97 Å². The molecule has 4 heteroatoms. The van der Waals surface area contributed by atoms with Crippen LogP contribution in [0.4, 0.5) is 0 Å². The molecule has 1 rings (SSSR count). The Morgan fingerprint density at radius 2 is 2.38 bits per heavy atom. The molecule has 0 saturated carbocycles. The Kier molecular flexibility index (Phi) is 2.70. The lowest BCUT2D eigenvalue weighted by Gasteiger charge is -2.01. The highest BCUT2D eigenvalue weighted by Crippen LogP contribution is 2.03. The standard InChI is InChI=1S/C9H10N2O2/c1-7(2)11-6-8(5-10-11)3-4-9(12)13/h5-7H,1-2H3,(H,12,13). The number of hydrogen-bond acceptors (Lipinski definition) is 2. The average molecular weight is 178 g/mol. The van der Waals surface area contributed by atoms with Crippen LogP contribution in [0.15, 0.2) is 12.4 Å². The molecule has 1 heterocycles. The average Bonchev–Trinajstić information content (AvgIpc) is 2.48. The molecule has 1 N–H and O–H groups in total. The van der Waals surface area contributed by atoms with E-state index < -0.39 is 5.97 Å². The topological polar surface area (TPSA) is 55.1 Å². The van der Waals surface area contributed by atoms with E-state index in [1.54, 1.807) is 17.1 Å². The fourth-order valence-electron chi connectivity index (χ4n) is 0.811. The summed E-state index contributed by atoms with van der Waals surface area (Å²) in [6, 6.07) is 0.264. The van der Waals surface area contributed by atoms with Crippen LogP contribution in [0.25, 0.3) is 0 Å². The van der Waals surface area contributed by atoms with Gasteiger partial charge in [-0.1, -0.05) is 5.92 Å². The predicted octanol–water partition coefficient (Wildman–Crippen LogP) is 0.900. The van der Waals surface area contributed by atoms with E-state index in [-0.39, 0.29) is 6.04 Å². The number of aromatic nitrogens is 2. The van der Waals surface area contributed by atoms with Crippen LogP contribution >= 0.6 is 0 Å². The Balaban J connectivity index is 2.82. The molecule has 0 atom stereocenters. The Morgan fingerprint density at radius 3 is 2.85 bits per heavy atom. The molecule has 0 aromatic carbocycles. The fourth-order valence-corrected chi connectivity index (χ4v) is 0.811. The zero-order chi connectivity index (χ0) is 9.84. The molecule has 1 aromatic rings. The number of carboxylic acids is 1. The van der Waals surface area contributed by atoms with Gasteiger partial charge in [0.2, 0.25) is 0 Å². The van der Waals surface area contributed by atoms with Crippen LogP contribution in [-0.4, -0.2) is 20.9 Å². The van der Waals surface area contributed by atoms with Gasteiger partial charge in [-0.2, -0.15) is 5.10 Å². The van der Waals surface area contributed by atoms with Crippen molar-refractivity contribution in [3.05, 3.63) is 18.0 Å². The van der Waals surface area contributed by atoms with Gasteiger partial charge < -0.3 is 5.11 Å². The maximum absolute atomic E-state index is 10.1. The zero-order valence-electron chi connectivity index (χ0n) is 7.48. The second-order valence-corrected chi connectivity index (χ2v) is 2.86. The smallest absolute Gasteiger partial charge is 0.382 e. The minimum absolute atomic E-state index is 0.264. The molecular weight excluding hydrogens is 168 g/mol. The van der Waals surface area contributed by atoms with Gasteiger partial charge in [0, 0.05) is 18.2 Å². The van der Waals surface area contributed by atoms with Crippen LogP contribution in [0.3, 0.4) is 0 Å². The summed E-state index contributed by atoms with van der Waals surface area (Å²) >= 11 is 0. The van der Waals surface area contributed by atoms with Crippen molar-refractivity contribution in [2.24, 2.45) is 0 Å².